The van der Waals surface area contributed by atoms with Gasteiger partial charge in [0.1, 0.15) is 0 Å². The van der Waals surface area contributed by atoms with Crippen molar-refractivity contribution in [2.75, 3.05) is 4.90 Å². The van der Waals surface area contributed by atoms with Gasteiger partial charge < -0.3 is 9.47 Å². The van der Waals surface area contributed by atoms with E-state index >= 15 is 0 Å². The van der Waals surface area contributed by atoms with Crippen molar-refractivity contribution in [3.8, 4) is 39.1 Å². The Morgan fingerprint density at radius 2 is 0.672 bits per heavy atom. The summed E-state index contributed by atoms with van der Waals surface area (Å²) in [7, 11) is 0. The highest BCUT2D eigenvalue weighted by Crippen LogP contribution is 2.40. The molecule has 0 radical (unpaired) electrons. The van der Waals surface area contributed by atoms with Crippen molar-refractivity contribution in [3.63, 3.8) is 0 Å². The zero-order valence-corrected chi connectivity index (χ0v) is 31.8. The summed E-state index contributed by atoms with van der Waals surface area (Å²) >= 11 is 0. The first-order chi connectivity index (χ1) is 28.8. The molecule has 10 aromatic carbocycles. The average molecular weight is 739 g/mol. The number of hydrogen-bond donors (Lipinski definition) is 0. The highest BCUT2D eigenvalue weighted by molar-refractivity contribution is 6.14. The quantitative estimate of drug-likeness (QED) is 0.148. The molecule has 272 valence electrons. The second kappa shape index (κ2) is 14.1. The lowest BCUT2D eigenvalue weighted by atomic mass is 9.93. The van der Waals surface area contributed by atoms with E-state index in [1.165, 1.54) is 76.7 Å². The van der Waals surface area contributed by atoms with Crippen LogP contribution >= 0.6 is 0 Å². The lowest BCUT2D eigenvalue weighted by Gasteiger charge is -2.26. The minimum Gasteiger partial charge on any atom is -0.311 e. The molecule has 11 aromatic rings. The first-order valence-corrected chi connectivity index (χ1v) is 19.9. The maximum Gasteiger partial charge on any atom is 0.0541 e. The SMILES string of the molecule is c1ccc(-c2ccc(-c3ccc(N(c4ccc(-c5cc6ccccc6c6ccccc56)cc4)c4ccc(-n5c6ccccc6c6ccccc65)cc4)cc3)cc2)cc1. The molecule has 0 spiro atoms. The molecule has 0 atom stereocenters. The van der Waals surface area contributed by atoms with E-state index in [0.717, 1.165) is 22.7 Å². The molecule has 58 heavy (non-hydrogen) atoms. The highest BCUT2D eigenvalue weighted by atomic mass is 15.1. The maximum absolute atomic E-state index is 2.37. The van der Waals surface area contributed by atoms with Crippen LogP contribution in [0.25, 0.3) is 82.4 Å². The molecule has 0 amide bonds. The monoisotopic (exact) mass is 738 g/mol. The van der Waals surface area contributed by atoms with Crippen LogP contribution in [-0.4, -0.2) is 4.57 Å². The third-order valence-electron chi connectivity index (χ3n) is 11.6. The first kappa shape index (κ1) is 33.6. The molecule has 0 unspecified atom stereocenters. The van der Waals surface area contributed by atoms with Gasteiger partial charge in [0, 0.05) is 33.5 Å². The molecule has 0 N–H and O–H groups in total. The summed E-state index contributed by atoms with van der Waals surface area (Å²) in [5.41, 5.74) is 14.1. The van der Waals surface area contributed by atoms with E-state index in [-0.39, 0.29) is 0 Å². The molecule has 0 fully saturated rings. The molecule has 0 aliphatic rings. The fourth-order valence-electron chi connectivity index (χ4n) is 8.77. The summed E-state index contributed by atoms with van der Waals surface area (Å²) in [5.74, 6) is 0. The number of nitrogens with zero attached hydrogens (tertiary/aromatic N) is 2. The molecular weight excluding hydrogens is 701 g/mol. The van der Waals surface area contributed by atoms with E-state index in [2.05, 4.69) is 240 Å². The van der Waals surface area contributed by atoms with Crippen LogP contribution in [0.15, 0.2) is 231 Å². The normalized spacial score (nSPS) is 11.4. The van der Waals surface area contributed by atoms with E-state index in [1.807, 2.05) is 0 Å². The predicted molar refractivity (Wildman–Crippen MR) is 247 cm³/mol. The van der Waals surface area contributed by atoms with Gasteiger partial charge in [0.05, 0.1) is 11.0 Å². The fourth-order valence-corrected chi connectivity index (χ4v) is 8.77. The molecule has 2 nitrogen and oxygen atoms in total. The minimum absolute atomic E-state index is 1.09. The van der Waals surface area contributed by atoms with Gasteiger partial charge in [-0.1, -0.05) is 164 Å². The van der Waals surface area contributed by atoms with Gasteiger partial charge in [-0.05, 0) is 122 Å². The Morgan fingerprint density at radius 1 is 0.276 bits per heavy atom. The first-order valence-electron chi connectivity index (χ1n) is 19.9. The molecule has 0 bridgehead atoms. The van der Waals surface area contributed by atoms with E-state index in [1.54, 1.807) is 0 Å². The molecule has 1 aromatic heterocycles. The molecule has 1 heterocycles. The summed E-state index contributed by atoms with van der Waals surface area (Å²) in [6.45, 7) is 0. The molecule has 2 heteroatoms. The Morgan fingerprint density at radius 3 is 1.24 bits per heavy atom. The Hall–Kier alpha value is -7.68. The number of rotatable bonds is 7. The van der Waals surface area contributed by atoms with Crippen molar-refractivity contribution >= 4 is 60.4 Å². The van der Waals surface area contributed by atoms with E-state index in [4.69, 9.17) is 0 Å². The number of anilines is 3. The van der Waals surface area contributed by atoms with Gasteiger partial charge >= 0.3 is 0 Å². The summed E-state index contributed by atoms with van der Waals surface area (Å²) in [4.78, 5) is 2.36. The van der Waals surface area contributed by atoms with E-state index in [9.17, 15) is 0 Å². The van der Waals surface area contributed by atoms with E-state index in [0.29, 0.717) is 0 Å². The number of hydrogen-bond acceptors (Lipinski definition) is 1. The molecular formula is C56H38N2. The van der Waals surface area contributed by atoms with Crippen LogP contribution in [-0.2, 0) is 0 Å². The smallest absolute Gasteiger partial charge is 0.0541 e. The summed E-state index contributed by atoms with van der Waals surface area (Å²) in [6.07, 6.45) is 0. The number of fused-ring (bicyclic) bond motifs is 6. The van der Waals surface area contributed by atoms with Gasteiger partial charge in [0.25, 0.3) is 0 Å². The third-order valence-corrected chi connectivity index (χ3v) is 11.6. The zero-order valence-electron chi connectivity index (χ0n) is 31.8. The van der Waals surface area contributed by atoms with Crippen LogP contribution in [0.5, 0.6) is 0 Å². The third kappa shape index (κ3) is 5.82. The van der Waals surface area contributed by atoms with Gasteiger partial charge in [-0.2, -0.15) is 0 Å². The van der Waals surface area contributed by atoms with Crippen molar-refractivity contribution in [2.24, 2.45) is 0 Å². The molecule has 11 rings (SSSR count). The standard InChI is InChI=1S/C56H38N2/c1-2-12-39(13-3-1)40-22-24-41(25-23-40)42-26-30-45(31-27-42)57(47-34-36-48(37-35-47)58-55-20-10-8-18-52(55)53-19-9-11-21-56(53)58)46-32-28-43(29-33-46)54-38-44-14-4-5-15-49(44)50-16-6-7-17-51(50)54/h1-38H. The summed E-state index contributed by atoms with van der Waals surface area (Å²) in [5, 5.41) is 7.60. The van der Waals surface area contributed by atoms with Gasteiger partial charge in [0.2, 0.25) is 0 Å². The second-order valence-electron chi connectivity index (χ2n) is 14.9. The van der Waals surface area contributed by atoms with Crippen LogP contribution < -0.4 is 4.90 Å². The Bertz CT molecular complexity index is 3180. The van der Waals surface area contributed by atoms with Gasteiger partial charge in [-0.3, -0.25) is 0 Å². The van der Waals surface area contributed by atoms with Crippen molar-refractivity contribution < 1.29 is 0 Å². The number of para-hydroxylation sites is 2. The Balaban J connectivity index is 0.995. The van der Waals surface area contributed by atoms with Crippen LogP contribution in [0.3, 0.4) is 0 Å². The number of benzene rings is 10. The molecule has 0 aliphatic carbocycles. The topological polar surface area (TPSA) is 8.17 Å². The van der Waals surface area contributed by atoms with Crippen LogP contribution in [0, 0.1) is 0 Å². The van der Waals surface area contributed by atoms with Crippen molar-refractivity contribution in [3.05, 3.63) is 231 Å². The van der Waals surface area contributed by atoms with Crippen LogP contribution in [0.1, 0.15) is 0 Å². The highest BCUT2D eigenvalue weighted by Gasteiger charge is 2.17. The van der Waals surface area contributed by atoms with Gasteiger partial charge in [-0.15, -0.1) is 0 Å². The average Bonchev–Trinajstić information content (AvgIpc) is 3.64. The predicted octanol–water partition coefficient (Wildman–Crippen LogP) is 15.6. The lowest BCUT2D eigenvalue weighted by molar-refractivity contribution is 1.17. The second-order valence-corrected chi connectivity index (χ2v) is 14.9. The minimum atomic E-state index is 1.09. The Kier molecular flexibility index (Phi) is 8.19. The van der Waals surface area contributed by atoms with Gasteiger partial charge in [-0.25, -0.2) is 0 Å². The lowest BCUT2D eigenvalue weighted by Crippen LogP contribution is -2.10. The van der Waals surface area contributed by atoms with Crippen LogP contribution in [0.4, 0.5) is 17.1 Å². The maximum atomic E-state index is 2.37. The van der Waals surface area contributed by atoms with Gasteiger partial charge in [0.15, 0.2) is 0 Å². The molecule has 0 saturated heterocycles. The largest absolute Gasteiger partial charge is 0.311 e. The molecule has 0 aliphatic heterocycles. The number of aromatic nitrogens is 1. The van der Waals surface area contributed by atoms with Crippen molar-refractivity contribution in [2.45, 2.75) is 0 Å². The van der Waals surface area contributed by atoms with Crippen molar-refractivity contribution in [1.29, 1.82) is 0 Å². The molecule has 0 saturated carbocycles. The van der Waals surface area contributed by atoms with Crippen LogP contribution in [0.2, 0.25) is 0 Å². The summed E-state index contributed by atoms with van der Waals surface area (Å²) < 4.78 is 2.37. The van der Waals surface area contributed by atoms with E-state index < -0.39 is 0 Å². The summed E-state index contributed by atoms with van der Waals surface area (Å²) in [6, 6.07) is 83.6. The zero-order chi connectivity index (χ0) is 38.4. The Labute approximate surface area is 338 Å². The van der Waals surface area contributed by atoms with Crippen molar-refractivity contribution in [1.82, 2.24) is 4.57 Å². The fraction of sp³-hybridized carbons (Fsp3) is 0.